The minimum atomic E-state index is -0.385. The zero-order chi connectivity index (χ0) is 19.0. The number of carbonyl (C=O) groups excluding carboxylic acids is 2. The van der Waals surface area contributed by atoms with Gasteiger partial charge in [-0.25, -0.2) is 4.39 Å². The van der Waals surface area contributed by atoms with E-state index in [1.54, 1.807) is 24.0 Å². The third kappa shape index (κ3) is 3.51. The molecule has 27 heavy (non-hydrogen) atoms. The number of halogens is 1. The maximum absolute atomic E-state index is 13.7. The van der Waals surface area contributed by atoms with E-state index >= 15 is 0 Å². The van der Waals surface area contributed by atoms with Crippen molar-refractivity contribution in [1.82, 2.24) is 10.2 Å². The normalized spacial score (nSPS) is 19.8. The standard InChI is InChI=1S/C18H20FN5O2S/c1-11-6-7-12(10-13(11)19)20-16(26)14-4-2-8-23(14)17-21-22-18(27-17)24-9-3-5-15(24)25/h6-7,10,14H,2-5,8-9H2,1H3,(H,20,26). The number of amides is 2. The molecule has 142 valence electrons. The van der Waals surface area contributed by atoms with Crippen molar-refractivity contribution >= 4 is 39.1 Å². The molecule has 7 nitrogen and oxygen atoms in total. The number of hydrogen-bond donors (Lipinski definition) is 1. The van der Waals surface area contributed by atoms with Crippen LogP contribution in [0.5, 0.6) is 0 Å². The Labute approximate surface area is 160 Å². The van der Waals surface area contributed by atoms with Gasteiger partial charge in [0.15, 0.2) is 0 Å². The van der Waals surface area contributed by atoms with Gasteiger partial charge in [0.25, 0.3) is 0 Å². The lowest BCUT2D eigenvalue weighted by Crippen LogP contribution is -2.39. The van der Waals surface area contributed by atoms with Gasteiger partial charge in [0.1, 0.15) is 11.9 Å². The van der Waals surface area contributed by atoms with Crippen LogP contribution in [0.3, 0.4) is 0 Å². The van der Waals surface area contributed by atoms with Crippen molar-refractivity contribution in [1.29, 1.82) is 0 Å². The van der Waals surface area contributed by atoms with Crippen molar-refractivity contribution in [2.24, 2.45) is 0 Å². The van der Waals surface area contributed by atoms with Gasteiger partial charge in [-0.05, 0) is 43.9 Å². The van der Waals surface area contributed by atoms with Crippen LogP contribution in [0, 0.1) is 12.7 Å². The SMILES string of the molecule is Cc1ccc(NC(=O)C2CCCN2c2nnc(N3CCCC3=O)s2)cc1F. The molecular formula is C18H20FN5O2S. The number of nitrogens with zero attached hydrogens (tertiary/aromatic N) is 4. The minimum absolute atomic E-state index is 0.0646. The first kappa shape index (κ1) is 17.8. The number of anilines is 3. The summed E-state index contributed by atoms with van der Waals surface area (Å²) in [5.74, 6) is -0.473. The van der Waals surface area contributed by atoms with Crippen LogP contribution in [0.15, 0.2) is 18.2 Å². The fourth-order valence-electron chi connectivity index (χ4n) is 3.45. The van der Waals surface area contributed by atoms with Gasteiger partial charge < -0.3 is 10.2 Å². The van der Waals surface area contributed by atoms with E-state index in [1.807, 2.05) is 4.90 Å². The number of hydrogen-bond acceptors (Lipinski definition) is 6. The number of nitrogens with one attached hydrogen (secondary N) is 1. The molecule has 2 fully saturated rings. The molecule has 2 aliphatic rings. The molecule has 2 aromatic rings. The third-order valence-electron chi connectivity index (χ3n) is 4.95. The predicted molar refractivity (Wildman–Crippen MR) is 102 cm³/mol. The molecule has 0 radical (unpaired) electrons. The van der Waals surface area contributed by atoms with E-state index in [0.29, 0.717) is 47.4 Å². The molecule has 1 aromatic heterocycles. The van der Waals surface area contributed by atoms with Crippen LogP contribution in [0.2, 0.25) is 0 Å². The second kappa shape index (κ2) is 7.22. The molecule has 2 saturated heterocycles. The van der Waals surface area contributed by atoms with E-state index < -0.39 is 0 Å². The smallest absolute Gasteiger partial charge is 0.247 e. The van der Waals surface area contributed by atoms with Gasteiger partial charge in [-0.2, -0.15) is 0 Å². The Morgan fingerprint density at radius 3 is 2.81 bits per heavy atom. The van der Waals surface area contributed by atoms with Gasteiger partial charge in [-0.1, -0.05) is 17.4 Å². The Bertz CT molecular complexity index is 886. The van der Waals surface area contributed by atoms with Crippen LogP contribution < -0.4 is 15.1 Å². The minimum Gasteiger partial charge on any atom is -0.335 e. The van der Waals surface area contributed by atoms with Gasteiger partial charge in [0.2, 0.25) is 22.1 Å². The molecule has 1 atom stereocenters. The molecule has 1 N–H and O–H groups in total. The van der Waals surface area contributed by atoms with Gasteiger partial charge in [0.05, 0.1) is 0 Å². The van der Waals surface area contributed by atoms with Crippen LogP contribution in [-0.2, 0) is 9.59 Å². The van der Waals surface area contributed by atoms with Crippen molar-refractivity contribution in [2.75, 3.05) is 28.2 Å². The Morgan fingerprint density at radius 2 is 2.07 bits per heavy atom. The lowest BCUT2D eigenvalue weighted by molar-refractivity contribution is -0.117. The van der Waals surface area contributed by atoms with Crippen LogP contribution in [0.25, 0.3) is 0 Å². The molecule has 4 rings (SSSR count). The number of aromatic nitrogens is 2. The molecule has 0 spiro atoms. The van der Waals surface area contributed by atoms with Crippen LogP contribution in [0.1, 0.15) is 31.2 Å². The zero-order valence-electron chi connectivity index (χ0n) is 14.9. The molecule has 9 heteroatoms. The second-order valence-corrected chi connectivity index (χ2v) is 7.76. The lowest BCUT2D eigenvalue weighted by Gasteiger charge is -2.22. The Kier molecular flexibility index (Phi) is 4.77. The predicted octanol–water partition coefficient (Wildman–Crippen LogP) is 2.72. The molecule has 0 bridgehead atoms. The highest BCUT2D eigenvalue weighted by Gasteiger charge is 2.34. The van der Waals surface area contributed by atoms with Gasteiger partial charge in [0, 0.05) is 25.2 Å². The summed E-state index contributed by atoms with van der Waals surface area (Å²) in [5, 5.41) is 12.4. The summed E-state index contributed by atoms with van der Waals surface area (Å²) in [6.45, 7) is 3.04. The Hall–Kier alpha value is -2.55. The highest BCUT2D eigenvalue weighted by molar-refractivity contribution is 7.19. The molecule has 0 aliphatic carbocycles. The highest BCUT2D eigenvalue weighted by atomic mass is 32.1. The molecule has 3 heterocycles. The monoisotopic (exact) mass is 389 g/mol. The first-order valence-electron chi connectivity index (χ1n) is 9.00. The van der Waals surface area contributed by atoms with Crippen LogP contribution in [0.4, 0.5) is 20.3 Å². The van der Waals surface area contributed by atoms with E-state index in [4.69, 9.17) is 0 Å². The van der Waals surface area contributed by atoms with Crippen LogP contribution >= 0.6 is 11.3 Å². The highest BCUT2D eigenvalue weighted by Crippen LogP contribution is 2.34. The van der Waals surface area contributed by atoms with E-state index in [1.165, 1.54) is 17.4 Å². The average molecular weight is 389 g/mol. The van der Waals surface area contributed by atoms with Crippen molar-refractivity contribution in [3.05, 3.63) is 29.6 Å². The number of benzene rings is 1. The maximum atomic E-state index is 13.7. The van der Waals surface area contributed by atoms with Gasteiger partial charge >= 0.3 is 0 Å². The Balaban J connectivity index is 1.48. The quantitative estimate of drug-likeness (QED) is 0.870. The average Bonchev–Trinajstić information content (AvgIpc) is 3.37. The Morgan fingerprint density at radius 1 is 1.26 bits per heavy atom. The summed E-state index contributed by atoms with van der Waals surface area (Å²) in [4.78, 5) is 28.2. The van der Waals surface area contributed by atoms with Gasteiger partial charge in [-0.15, -0.1) is 10.2 Å². The number of carbonyl (C=O) groups is 2. The topological polar surface area (TPSA) is 78.4 Å². The van der Waals surface area contributed by atoms with Gasteiger partial charge in [-0.3, -0.25) is 14.5 Å². The van der Waals surface area contributed by atoms with Crippen molar-refractivity contribution in [2.45, 2.75) is 38.6 Å². The summed E-state index contributed by atoms with van der Waals surface area (Å²) >= 11 is 1.33. The molecule has 1 aromatic carbocycles. The summed E-state index contributed by atoms with van der Waals surface area (Å²) in [5.41, 5.74) is 0.976. The largest absolute Gasteiger partial charge is 0.335 e. The van der Waals surface area contributed by atoms with E-state index in [2.05, 4.69) is 15.5 Å². The number of aryl methyl sites for hydroxylation is 1. The first-order chi connectivity index (χ1) is 13.0. The number of rotatable bonds is 4. The van der Waals surface area contributed by atoms with E-state index in [0.717, 1.165) is 12.8 Å². The first-order valence-corrected chi connectivity index (χ1v) is 9.82. The van der Waals surface area contributed by atoms with Crippen molar-refractivity contribution in [3.63, 3.8) is 0 Å². The summed E-state index contributed by atoms with van der Waals surface area (Å²) < 4.78 is 13.7. The van der Waals surface area contributed by atoms with E-state index in [9.17, 15) is 14.0 Å². The fourth-order valence-corrected chi connectivity index (χ4v) is 4.41. The second-order valence-electron chi connectivity index (χ2n) is 6.82. The maximum Gasteiger partial charge on any atom is 0.247 e. The molecular weight excluding hydrogens is 369 g/mol. The van der Waals surface area contributed by atoms with Crippen molar-refractivity contribution < 1.29 is 14.0 Å². The fraction of sp³-hybridized carbons (Fsp3) is 0.444. The molecule has 2 amide bonds. The summed E-state index contributed by atoms with van der Waals surface area (Å²) in [6.07, 6.45) is 2.92. The summed E-state index contributed by atoms with van der Waals surface area (Å²) in [6, 6.07) is 4.28. The zero-order valence-corrected chi connectivity index (χ0v) is 15.8. The van der Waals surface area contributed by atoms with E-state index in [-0.39, 0.29) is 23.7 Å². The third-order valence-corrected chi connectivity index (χ3v) is 5.93. The summed E-state index contributed by atoms with van der Waals surface area (Å²) in [7, 11) is 0. The lowest BCUT2D eigenvalue weighted by atomic mass is 10.2. The molecule has 1 unspecified atom stereocenters. The molecule has 2 aliphatic heterocycles. The molecule has 0 saturated carbocycles. The van der Waals surface area contributed by atoms with Crippen LogP contribution in [-0.4, -0.2) is 41.1 Å². The van der Waals surface area contributed by atoms with Crippen molar-refractivity contribution in [3.8, 4) is 0 Å².